The molecule has 0 unspecified atom stereocenters. The van der Waals surface area contributed by atoms with E-state index in [1.165, 1.54) is 0 Å². The summed E-state index contributed by atoms with van der Waals surface area (Å²) in [6.07, 6.45) is 0.652. The van der Waals surface area contributed by atoms with Crippen LogP contribution in [0.15, 0.2) is 18.2 Å². The number of carbonyl (C=O) groups is 2. The van der Waals surface area contributed by atoms with E-state index >= 15 is 0 Å². The highest BCUT2D eigenvalue weighted by Gasteiger charge is 2.14. The van der Waals surface area contributed by atoms with Gasteiger partial charge in [0.2, 0.25) is 11.8 Å². The summed E-state index contributed by atoms with van der Waals surface area (Å²) in [7, 11) is 3.95. The third-order valence-corrected chi connectivity index (χ3v) is 3.25. The van der Waals surface area contributed by atoms with Crippen molar-refractivity contribution in [3.63, 3.8) is 0 Å². The Labute approximate surface area is 135 Å². The third-order valence-electron chi connectivity index (χ3n) is 3.25. The Morgan fingerprint density at radius 2 is 1.87 bits per heavy atom. The minimum absolute atomic E-state index is 0.198. The fraction of sp³-hybridized carbons (Fsp3) is 0.500. The van der Waals surface area contributed by atoms with Gasteiger partial charge in [-0.25, -0.2) is 0 Å². The Morgan fingerprint density at radius 1 is 1.13 bits per heavy atom. The number of amides is 2. The maximum absolute atomic E-state index is 11.9. The molecule has 0 atom stereocenters. The molecular formula is C16H23N3O4. The molecule has 0 spiro atoms. The minimum atomic E-state index is -0.355. The van der Waals surface area contributed by atoms with Crippen molar-refractivity contribution in [2.75, 3.05) is 45.7 Å². The van der Waals surface area contributed by atoms with Crippen LogP contribution in [0.3, 0.4) is 0 Å². The molecule has 1 aliphatic heterocycles. The topological polar surface area (TPSA) is 79.9 Å². The molecule has 23 heavy (non-hydrogen) atoms. The zero-order valence-corrected chi connectivity index (χ0v) is 13.6. The Kier molecular flexibility index (Phi) is 6.22. The first-order valence-corrected chi connectivity index (χ1v) is 7.65. The number of hydrogen-bond donors (Lipinski definition) is 2. The minimum Gasteiger partial charge on any atom is -0.486 e. The van der Waals surface area contributed by atoms with Crippen molar-refractivity contribution in [2.45, 2.75) is 12.8 Å². The lowest BCUT2D eigenvalue weighted by Crippen LogP contribution is -2.30. The van der Waals surface area contributed by atoms with Crippen molar-refractivity contribution in [3.8, 4) is 11.5 Å². The van der Waals surface area contributed by atoms with Crippen LogP contribution >= 0.6 is 0 Å². The van der Waals surface area contributed by atoms with E-state index in [0.29, 0.717) is 36.9 Å². The first-order chi connectivity index (χ1) is 11.0. The van der Waals surface area contributed by atoms with Gasteiger partial charge in [0.05, 0.1) is 0 Å². The number of carbonyl (C=O) groups excluding carboxylic acids is 2. The van der Waals surface area contributed by atoms with E-state index in [1.54, 1.807) is 18.2 Å². The Balaban J connectivity index is 1.75. The Bertz CT molecular complexity index is 560. The summed E-state index contributed by atoms with van der Waals surface area (Å²) in [6, 6.07) is 5.16. The smallest absolute Gasteiger partial charge is 0.233 e. The third kappa shape index (κ3) is 5.78. The fourth-order valence-corrected chi connectivity index (χ4v) is 2.16. The molecule has 1 aromatic carbocycles. The molecule has 7 nitrogen and oxygen atoms in total. The SMILES string of the molecule is CN(C)CCCNC(=O)CC(=O)Nc1ccc2c(c1)OCCO2. The van der Waals surface area contributed by atoms with Crippen molar-refractivity contribution in [1.82, 2.24) is 10.2 Å². The first kappa shape index (κ1) is 17.1. The summed E-state index contributed by atoms with van der Waals surface area (Å²) in [5, 5.41) is 5.42. The second kappa shape index (κ2) is 8.38. The van der Waals surface area contributed by atoms with Gasteiger partial charge in [-0.15, -0.1) is 0 Å². The molecular weight excluding hydrogens is 298 g/mol. The number of nitrogens with zero attached hydrogens (tertiary/aromatic N) is 1. The molecule has 1 aromatic rings. The van der Waals surface area contributed by atoms with Gasteiger partial charge in [-0.05, 0) is 39.2 Å². The second-order valence-corrected chi connectivity index (χ2v) is 5.59. The van der Waals surface area contributed by atoms with Gasteiger partial charge in [0.15, 0.2) is 11.5 Å². The number of nitrogens with one attached hydrogen (secondary N) is 2. The molecule has 126 valence electrons. The first-order valence-electron chi connectivity index (χ1n) is 7.65. The largest absolute Gasteiger partial charge is 0.486 e. The predicted molar refractivity (Wildman–Crippen MR) is 86.9 cm³/mol. The normalized spacial score (nSPS) is 12.8. The maximum atomic E-state index is 11.9. The molecule has 0 saturated carbocycles. The number of ether oxygens (including phenoxy) is 2. The van der Waals surface area contributed by atoms with Crippen molar-refractivity contribution in [3.05, 3.63) is 18.2 Å². The number of fused-ring (bicyclic) bond motifs is 1. The average molecular weight is 321 g/mol. The number of rotatable bonds is 7. The monoisotopic (exact) mass is 321 g/mol. The molecule has 0 aliphatic carbocycles. The molecule has 2 rings (SSSR count). The van der Waals surface area contributed by atoms with Crippen molar-refractivity contribution < 1.29 is 19.1 Å². The van der Waals surface area contributed by atoms with E-state index in [-0.39, 0.29) is 18.2 Å². The van der Waals surface area contributed by atoms with Gasteiger partial charge in [-0.3, -0.25) is 9.59 Å². The van der Waals surface area contributed by atoms with Crippen LogP contribution < -0.4 is 20.1 Å². The summed E-state index contributed by atoms with van der Waals surface area (Å²) in [5.41, 5.74) is 0.583. The van der Waals surface area contributed by atoms with Gasteiger partial charge in [0.25, 0.3) is 0 Å². The molecule has 0 fully saturated rings. The quantitative estimate of drug-likeness (QED) is 0.575. The predicted octanol–water partition coefficient (Wildman–Crippen LogP) is 0.854. The Hall–Kier alpha value is -2.28. The van der Waals surface area contributed by atoms with Crippen LogP contribution in [0.2, 0.25) is 0 Å². The van der Waals surface area contributed by atoms with Crippen LogP contribution in [0, 0.1) is 0 Å². The molecule has 7 heteroatoms. The van der Waals surface area contributed by atoms with Crippen LogP contribution in [0.4, 0.5) is 5.69 Å². The van der Waals surface area contributed by atoms with Crippen molar-refractivity contribution in [1.29, 1.82) is 0 Å². The number of benzene rings is 1. The van der Waals surface area contributed by atoms with Crippen LogP contribution in [-0.2, 0) is 9.59 Å². The van der Waals surface area contributed by atoms with Crippen LogP contribution in [-0.4, -0.2) is 57.1 Å². The average Bonchev–Trinajstić information content (AvgIpc) is 2.51. The summed E-state index contributed by atoms with van der Waals surface area (Å²) in [4.78, 5) is 25.6. The highest BCUT2D eigenvalue weighted by Crippen LogP contribution is 2.32. The highest BCUT2D eigenvalue weighted by atomic mass is 16.6. The van der Waals surface area contributed by atoms with Crippen LogP contribution in [0.1, 0.15) is 12.8 Å². The lowest BCUT2D eigenvalue weighted by Gasteiger charge is -2.19. The maximum Gasteiger partial charge on any atom is 0.233 e. The molecule has 1 aliphatic rings. The molecule has 0 aromatic heterocycles. The van der Waals surface area contributed by atoms with E-state index in [1.807, 2.05) is 19.0 Å². The molecule has 0 bridgehead atoms. The van der Waals surface area contributed by atoms with Gasteiger partial charge in [-0.1, -0.05) is 0 Å². The molecule has 0 saturated heterocycles. The summed E-state index contributed by atoms with van der Waals surface area (Å²) < 4.78 is 10.9. The van der Waals surface area contributed by atoms with Crippen LogP contribution in [0.25, 0.3) is 0 Å². The molecule has 2 N–H and O–H groups in total. The number of hydrogen-bond acceptors (Lipinski definition) is 5. The van der Waals surface area contributed by atoms with E-state index in [9.17, 15) is 9.59 Å². The zero-order chi connectivity index (χ0) is 16.7. The van der Waals surface area contributed by atoms with Crippen molar-refractivity contribution >= 4 is 17.5 Å². The molecule has 0 radical (unpaired) electrons. The van der Waals surface area contributed by atoms with E-state index in [0.717, 1.165) is 13.0 Å². The second-order valence-electron chi connectivity index (χ2n) is 5.59. The summed E-state index contributed by atoms with van der Waals surface area (Å²) in [5.74, 6) is 0.626. The Morgan fingerprint density at radius 3 is 2.61 bits per heavy atom. The van der Waals surface area contributed by atoms with Gasteiger partial charge in [0.1, 0.15) is 19.6 Å². The van der Waals surface area contributed by atoms with Crippen LogP contribution in [0.5, 0.6) is 11.5 Å². The fourth-order valence-electron chi connectivity index (χ4n) is 2.16. The van der Waals surface area contributed by atoms with E-state index < -0.39 is 0 Å². The molecule has 2 amide bonds. The standard InChI is InChI=1S/C16H23N3O4/c1-19(2)7-3-6-17-15(20)11-16(21)18-12-4-5-13-14(10-12)23-9-8-22-13/h4-5,10H,3,6-9,11H2,1-2H3,(H,17,20)(H,18,21). The summed E-state index contributed by atoms with van der Waals surface area (Å²) >= 11 is 0. The van der Waals surface area contributed by atoms with Gasteiger partial charge < -0.3 is 25.0 Å². The number of anilines is 1. The van der Waals surface area contributed by atoms with E-state index in [4.69, 9.17) is 9.47 Å². The van der Waals surface area contributed by atoms with Gasteiger partial charge >= 0.3 is 0 Å². The highest BCUT2D eigenvalue weighted by molar-refractivity contribution is 6.03. The zero-order valence-electron chi connectivity index (χ0n) is 13.6. The molecule has 1 heterocycles. The van der Waals surface area contributed by atoms with Crippen molar-refractivity contribution in [2.24, 2.45) is 0 Å². The summed E-state index contributed by atoms with van der Waals surface area (Å²) in [6.45, 7) is 2.46. The van der Waals surface area contributed by atoms with Gasteiger partial charge in [0, 0.05) is 18.3 Å². The van der Waals surface area contributed by atoms with E-state index in [2.05, 4.69) is 10.6 Å². The lowest BCUT2D eigenvalue weighted by molar-refractivity contribution is -0.126. The lowest BCUT2D eigenvalue weighted by atomic mass is 10.2. The van der Waals surface area contributed by atoms with Gasteiger partial charge in [-0.2, -0.15) is 0 Å².